The van der Waals surface area contributed by atoms with Crippen LogP contribution in [0.1, 0.15) is 87.9 Å². The van der Waals surface area contributed by atoms with Crippen molar-refractivity contribution in [3.63, 3.8) is 0 Å². The molecule has 1 heterocycles. The monoisotopic (exact) mass is 423 g/mol. The molecule has 0 atom stereocenters. The number of benzene rings is 1. The summed E-state index contributed by atoms with van der Waals surface area (Å²) in [6.07, 6.45) is 12.0. The second-order valence-electron chi connectivity index (χ2n) is 8.19. The van der Waals surface area contributed by atoms with Gasteiger partial charge in [-0.3, -0.25) is 9.59 Å². The van der Waals surface area contributed by atoms with Gasteiger partial charge in [-0.25, -0.2) is 8.78 Å². The van der Waals surface area contributed by atoms with Gasteiger partial charge in [0.15, 0.2) is 11.6 Å². The number of hydrogen-bond donors (Lipinski definition) is 0. The van der Waals surface area contributed by atoms with Crippen molar-refractivity contribution in [3.8, 4) is 0 Å². The Kier molecular flexibility index (Phi) is 10.8. The van der Waals surface area contributed by atoms with E-state index in [2.05, 4.69) is 6.92 Å². The summed E-state index contributed by atoms with van der Waals surface area (Å²) in [7, 11) is 0. The molecule has 1 aromatic carbocycles. The lowest BCUT2D eigenvalue weighted by molar-refractivity contribution is -0.150. The summed E-state index contributed by atoms with van der Waals surface area (Å²) >= 11 is 0. The first kappa shape index (κ1) is 24.3. The van der Waals surface area contributed by atoms with Crippen molar-refractivity contribution in [1.82, 2.24) is 4.90 Å². The summed E-state index contributed by atoms with van der Waals surface area (Å²) in [5, 5.41) is 0. The second kappa shape index (κ2) is 13.3. The fourth-order valence-corrected chi connectivity index (χ4v) is 3.83. The van der Waals surface area contributed by atoms with Gasteiger partial charge in [0.25, 0.3) is 5.91 Å². The number of rotatable bonds is 12. The van der Waals surface area contributed by atoms with Gasteiger partial charge in [-0.05, 0) is 37.5 Å². The standard InChI is InChI=1S/C24H35F2NO3/c1-2-3-4-5-6-7-8-9-10-17-30-24(29)19-13-15-27(16-14-19)23(28)20-11-12-21(25)22(26)18-20/h11-12,18-19H,2-10,13-17H2,1H3. The molecule has 1 amide bonds. The molecule has 0 radical (unpaired) electrons. The molecule has 0 saturated carbocycles. The Bertz CT molecular complexity index is 672. The molecular weight excluding hydrogens is 388 g/mol. The number of carbonyl (C=O) groups is 2. The highest BCUT2D eigenvalue weighted by Crippen LogP contribution is 2.21. The third kappa shape index (κ3) is 8.04. The Morgan fingerprint density at radius 1 is 0.933 bits per heavy atom. The first-order valence-electron chi connectivity index (χ1n) is 11.4. The van der Waals surface area contributed by atoms with Crippen LogP contribution in [-0.4, -0.2) is 36.5 Å². The van der Waals surface area contributed by atoms with E-state index in [0.717, 1.165) is 25.0 Å². The summed E-state index contributed by atoms with van der Waals surface area (Å²) in [5.74, 6) is -2.72. The van der Waals surface area contributed by atoms with Crippen LogP contribution < -0.4 is 0 Å². The Morgan fingerprint density at radius 2 is 1.53 bits per heavy atom. The maximum Gasteiger partial charge on any atom is 0.309 e. The van der Waals surface area contributed by atoms with E-state index in [1.807, 2.05) is 0 Å². The molecule has 1 fully saturated rings. The number of amides is 1. The molecule has 1 aromatic rings. The first-order valence-corrected chi connectivity index (χ1v) is 11.4. The number of hydrogen-bond acceptors (Lipinski definition) is 3. The van der Waals surface area contributed by atoms with E-state index in [0.29, 0.717) is 32.5 Å². The molecule has 30 heavy (non-hydrogen) atoms. The molecule has 0 aromatic heterocycles. The van der Waals surface area contributed by atoms with Crippen LogP contribution in [0.25, 0.3) is 0 Å². The minimum atomic E-state index is -1.03. The van der Waals surface area contributed by atoms with Crippen molar-refractivity contribution in [2.45, 2.75) is 77.6 Å². The Hall–Kier alpha value is -1.98. The Balaban J connectivity index is 1.58. The highest BCUT2D eigenvalue weighted by atomic mass is 19.2. The van der Waals surface area contributed by atoms with E-state index < -0.39 is 11.6 Å². The lowest BCUT2D eigenvalue weighted by atomic mass is 9.96. The van der Waals surface area contributed by atoms with Crippen LogP contribution in [-0.2, 0) is 9.53 Å². The number of halogens is 2. The van der Waals surface area contributed by atoms with E-state index >= 15 is 0 Å². The zero-order valence-electron chi connectivity index (χ0n) is 18.1. The Labute approximate surface area is 179 Å². The van der Waals surface area contributed by atoms with E-state index in [1.165, 1.54) is 51.0 Å². The number of nitrogens with zero attached hydrogens (tertiary/aromatic N) is 1. The predicted molar refractivity (Wildman–Crippen MR) is 113 cm³/mol. The average Bonchev–Trinajstić information content (AvgIpc) is 2.76. The minimum Gasteiger partial charge on any atom is -0.465 e. The molecule has 6 heteroatoms. The first-order chi connectivity index (χ1) is 14.5. The van der Waals surface area contributed by atoms with E-state index in [1.54, 1.807) is 4.90 Å². The third-order valence-corrected chi connectivity index (χ3v) is 5.77. The van der Waals surface area contributed by atoms with Crippen LogP contribution in [0.2, 0.25) is 0 Å². The van der Waals surface area contributed by atoms with Crippen LogP contribution in [0.4, 0.5) is 8.78 Å². The van der Waals surface area contributed by atoms with Crippen LogP contribution in [0, 0.1) is 17.6 Å². The topological polar surface area (TPSA) is 46.6 Å². The van der Waals surface area contributed by atoms with E-state index in [4.69, 9.17) is 4.74 Å². The average molecular weight is 424 g/mol. The SMILES string of the molecule is CCCCCCCCCCCOC(=O)C1CCN(C(=O)c2ccc(F)c(F)c2)CC1. The highest BCUT2D eigenvalue weighted by Gasteiger charge is 2.29. The summed E-state index contributed by atoms with van der Waals surface area (Å²) in [5.41, 5.74) is 0.125. The van der Waals surface area contributed by atoms with Gasteiger partial charge in [0.1, 0.15) is 0 Å². The molecule has 0 unspecified atom stereocenters. The lowest BCUT2D eigenvalue weighted by Crippen LogP contribution is -2.40. The van der Waals surface area contributed by atoms with E-state index in [9.17, 15) is 18.4 Å². The van der Waals surface area contributed by atoms with Crippen LogP contribution in [0.15, 0.2) is 18.2 Å². The van der Waals surface area contributed by atoms with Crippen LogP contribution in [0.5, 0.6) is 0 Å². The molecule has 0 aliphatic carbocycles. The lowest BCUT2D eigenvalue weighted by Gasteiger charge is -2.31. The largest absolute Gasteiger partial charge is 0.465 e. The fraction of sp³-hybridized carbons (Fsp3) is 0.667. The summed E-state index contributed by atoms with van der Waals surface area (Å²) in [6.45, 7) is 3.51. The van der Waals surface area contributed by atoms with Crippen molar-refractivity contribution in [3.05, 3.63) is 35.4 Å². The quantitative estimate of drug-likeness (QED) is 0.311. The van der Waals surface area contributed by atoms with Gasteiger partial charge in [-0.2, -0.15) is 0 Å². The molecule has 2 rings (SSSR count). The number of carbonyl (C=O) groups excluding carboxylic acids is 2. The van der Waals surface area contributed by atoms with Gasteiger partial charge in [0.05, 0.1) is 12.5 Å². The molecule has 1 aliphatic heterocycles. The van der Waals surface area contributed by atoms with Crippen molar-refractivity contribution in [2.24, 2.45) is 5.92 Å². The number of piperidine rings is 1. The fourth-order valence-electron chi connectivity index (χ4n) is 3.83. The molecule has 1 aliphatic rings. The van der Waals surface area contributed by atoms with Gasteiger partial charge in [0.2, 0.25) is 0 Å². The highest BCUT2D eigenvalue weighted by molar-refractivity contribution is 5.94. The molecule has 4 nitrogen and oxygen atoms in total. The Morgan fingerprint density at radius 3 is 2.13 bits per heavy atom. The van der Waals surface area contributed by atoms with Gasteiger partial charge in [-0.1, -0.05) is 58.3 Å². The van der Waals surface area contributed by atoms with Crippen LogP contribution in [0.3, 0.4) is 0 Å². The predicted octanol–water partition coefficient (Wildman–Crippen LogP) is 5.89. The summed E-state index contributed by atoms with van der Waals surface area (Å²) in [6, 6.07) is 3.16. The van der Waals surface area contributed by atoms with Gasteiger partial charge >= 0.3 is 5.97 Å². The van der Waals surface area contributed by atoms with Crippen molar-refractivity contribution in [2.75, 3.05) is 19.7 Å². The van der Waals surface area contributed by atoms with Gasteiger partial charge < -0.3 is 9.64 Å². The summed E-state index contributed by atoms with van der Waals surface area (Å²) in [4.78, 5) is 26.3. The number of esters is 1. The number of unbranched alkanes of at least 4 members (excludes halogenated alkanes) is 8. The van der Waals surface area contributed by atoms with E-state index in [-0.39, 0.29) is 23.4 Å². The second-order valence-corrected chi connectivity index (χ2v) is 8.19. The molecule has 168 valence electrons. The molecule has 0 N–H and O–H groups in total. The van der Waals surface area contributed by atoms with Crippen molar-refractivity contribution in [1.29, 1.82) is 0 Å². The minimum absolute atomic E-state index is 0.125. The zero-order chi connectivity index (χ0) is 21.8. The smallest absolute Gasteiger partial charge is 0.309 e. The van der Waals surface area contributed by atoms with Crippen LogP contribution >= 0.6 is 0 Å². The maximum absolute atomic E-state index is 13.3. The third-order valence-electron chi connectivity index (χ3n) is 5.77. The number of ether oxygens (including phenoxy) is 1. The van der Waals surface area contributed by atoms with Crippen molar-refractivity contribution < 1.29 is 23.1 Å². The maximum atomic E-state index is 13.3. The molecule has 0 bridgehead atoms. The van der Waals surface area contributed by atoms with Gasteiger partial charge in [-0.15, -0.1) is 0 Å². The summed E-state index contributed by atoms with van der Waals surface area (Å²) < 4.78 is 31.8. The molecule has 0 spiro atoms. The molecule has 1 saturated heterocycles. The normalized spacial score (nSPS) is 14.7. The van der Waals surface area contributed by atoms with Gasteiger partial charge in [0, 0.05) is 18.7 Å². The molecular formula is C24H35F2NO3. The van der Waals surface area contributed by atoms with Crippen molar-refractivity contribution >= 4 is 11.9 Å². The number of likely N-dealkylation sites (tertiary alicyclic amines) is 1. The zero-order valence-corrected chi connectivity index (χ0v) is 18.1.